The minimum atomic E-state index is -0.283. The molecule has 0 aliphatic carbocycles. The maximum atomic E-state index is 13.0. The van der Waals surface area contributed by atoms with Crippen molar-refractivity contribution >= 4 is 17.2 Å². The highest BCUT2D eigenvalue weighted by Crippen LogP contribution is 2.28. The summed E-state index contributed by atoms with van der Waals surface area (Å²) < 4.78 is 18.3. The van der Waals surface area contributed by atoms with Crippen molar-refractivity contribution in [3.63, 3.8) is 0 Å². The number of benzene rings is 1. The number of hydrogen-bond donors (Lipinski definition) is 1. The molecule has 6 heteroatoms. The third-order valence-electron chi connectivity index (χ3n) is 3.65. The summed E-state index contributed by atoms with van der Waals surface area (Å²) in [5.74, 6) is -0.371. The second kappa shape index (κ2) is 6.54. The molecule has 1 aromatic heterocycles. The van der Waals surface area contributed by atoms with Crippen molar-refractivity contribution in [1.82, 2.24) is 10.3 Å². The zero-order valence-corrected chi connectivity index (χ0v) is 13.1. The summed E-state index contributed by atoms with van der Waals surface area (Å²) in [5.41, 5.74) is 1.52. The van der Waals surface area contributed by atoms with Crippen LogP contribution in [-0.2, 0) is 4.74 Å². The predicted octanol–water partition coefficient (Wildman–Crippen LogP) is 3.17. The van der Waals surface area contributed by atoms with E-state index in [1.807, 2.05) is 6.92 Å². The lowest BCUT2D eigenvalue weighted by Gasteiger charge is -2.22. The Balaban J connectivity index is 1.76. The lowest BCUT2D eigenvalue weighted by molar-refractivity contribution is 0.0698. The Bertz CT molecular complexity index is 663. The van der Waals surface area contributed by atoms with Crippen LogP contribution in [0.5, 0.6) is 0 Å². The number of halogens is 1. The van der Waals surface area contributed by atoms with Crippen molar-refractivity contribution in [1.29, 1.82) is 0 Å². The van der Waals surface area contributed by atoms with Crippen LogP contribution in [0.3, 0.4) is 0 Å². The number of nitrogens with zero attached hydrogens (tertiary/aromatic N) is 1. The molecule has 0 saturated carbocycles. The molecule has 0 unspecified atom stereocenters. The second-order valence-electron chi connectivity index (χ2n) is 5.30. The highest BCUT2D eigenvalue weighted by atomic mass is 32.1. The number of aryl methyl sites for hydroxylation is 1. The van der Waals surface area contributed by atoms with Gasteiger partial charge in [0, 0.05) is 24.8 Å². The Labute approximate surface area is 132 Å². The van der Waals surface area contributed by atoms with Crippen molar-refractivity contribution in [3.05, 3.63) is 40.7 Å². The van der Waals surface area contributed by atoms with Crippen LogP contribution >= 0.6 is 11.3 Å². The molecule has 0 bridgehead atoms. The van der Waals surface area contributed by atoms with Gasteiger partial charge in [-0.3, -0.25) is 4.79 Å². The molecular weight excluding hydrogens is 303 g/mol. The normalized spacial score (nSPS) is 15.7. The van der Waals surface area contributed by atoms with Gasteiger partial charge in [-0.2, -0.15) is 0 Å². The van der Waals surface area contributed by atoms with Gasteiger partial charge in [0.05, 0.1) is 5.69 Å². The van der Waals surface area contributed by atoms with Crippen LogP contribution in [0.4, 0.5) is 4.39 Å². The van der Waals surface area contributed by atoms with Crippen LogP contribution in [0.25, 0.3) is 10.6 Å². The van der Waals surface area contributed by atoms with E-state index < -0.39 is 0 Å². The predicted molar refractivity (Wildman–Crippen MR) is 83.6 cm³/mol. The number of rotatable bonds is 3. The number of ether oxygens (including phenoxy) is 1. The Morgan fingerprint density at radius 2 is 2.00 bits per heavy atom. The highest BCUT2D eigenvalue weighted by molar-refractivity contribution is 7.17. The largest absolute Gasteiger partial charge is 0.381 e. The molecule has 4 nitrogen and oxygen atoms in total. The average molecular weight is 320 g/mol. The molecular formula is C16H17FN2O2S. The van der Waals surface area contributed by atoms with Crippen molar-refractivity contribution in [2.45, 2.75) is 25.8 Å². The molecule has 22 heavy (non-hydrogen) atoms. The van der Waals surface area contributed by atoms with Crippen LogP contribution in [0.2, 0.25) is 0 Å². The van der Waals surface area contributed by atoms with Crippen molar-refractivity contribution in [2.75, 3.05) is 13.2 Å². The van der Waals surface area contributed by atoms with Crippen LogP contribution in [0, 0.1) is 12.7 Å². The van der Waals surface area contributed by atoms with Gasteiger partial charge in [-0.15, -0.1) is 11.3 Å². The summed E-state index contributed by atoms with van der Waals surface area (Å²) in [6.45, 7) is 3.20. The summed E-state index contributed by atoms with van der Waals surface area (Å²) in [4.78, 5) is 17.4. The number of carbonyl (C=O) groups is 1. The van der Waals surface area contributed by atoms with Crippen LogP contribution < -0.4 is 5.32 Å². The lowest BCUT2D eigenvalue weighted by atomic mass is 10.1. The van der Waals surface area contributed by atoms with E-state index in [2.05, 4.69) is 10.3 Å². The van der Waals surface area contributed by atoms with Gasteiger partial charge in [0.15, 0.2) is 0 Å². The van der Waals surface area contributed by atoms with Crippen molar-refractivity contribution in [3.8, 4) is 10.6 Å². The molecule has 3 rings (SSSR count). The Morgan fingerprint density at radius 1 is 1.32 bits per heavy atom. The molecule has 2 aromatic rings. The molecule has 0 radical (unpaired) electrons. The number of nitrogens with one attached hydrogen (secondary N) is 1. The zero-order chi connectivity index (χ0) is 15.5. The fourth-order valence-corrected chi connectivity index (χ4v) is 3.39. The monoisotopic (exact) mass is 320 g/mol. The van der Waals surface area contributed by atoms with E-state index in [-0.39, 0.29) is 17.8 Å². The number of aromatic nitrogens is 1. The fourth-order valence-electron chi connectivity index (χ4n) is 2.42. The van der Waals surface area contributed by atoms with E-state index in [1.165, 1.54) is 23.5 Å². The molecule has 1 aliphatic heterocycles. The van der Waals surface area contributed by atoms with E-state index in [4.69, 9.17) is 4.74 Å². The third kappa shape index (κ3) is 3.34. The maximum absolute atomic E-state index is 13.0. The number of thiazole rings is 1. The summed E-state index contributed by atoms with van der Waals surface area (Å²) >= 11 is 1.34. The average Bonchev–Trinajstić information content (AvgIpc) is 2.91. The van der Waals surface area contributed by atoms with E-state index in [0.717, 1.165) is 23.4 Å². The smallest absolute Gasteiger partial charge is 0.263 e. The summed E-state index contributed by atoms with van der Waals surface area (Å²) in [6, 6.07) is 6.31. The Morgan fingerprint density at radius 3 is 2.68 bits per heavy atom. The second-order valence-corrected chi connectivity index (χ2v) is 6.30. The lowest BCUT2D eigenvalue weighted by Crippen LogP contribution is -2.38. The number of amides is 1. The maximum Gasteiger partial charge on any atom is 0.263 e. The van der Waals surface area contributed by atoms with E-state index in [1.54, 1.807) is 12.1 Å². The first-order chi connectivity index (χ1) is 10.6. The molecule has 2 heterocycles. The van der Waals surface area contributed by atoms with Gasteiger partial charge in [0.25, 0.3) is 5.91 Å². The minimum absolute atomic E-state index is 0.0877. The SMILES string of the molecule is Cc1nc(-c2ccc(F)cc2)sc1C(=O)NC1CCOCC1. The first-order valence-electron chi connectivity index (χ1n) is 7.25. The van der Waals surface area contributed by atoms with Gasteiger partial charge >= 0.3 is 0 Å². The van der Waals surface area contributed by atoms with Crippen LogP contribution in [0.1, 0.15) is 28.2 Å². The zero-order valence-electron chi connectivity index (χ0n) is 12.3. The van der Waals surface area contributed by atoms with Crippen LogP contribution in [-0.4, -0.2) is 30.1 Å². The van der Waals surface area contributed by atoms with Gasteiger partial charge < -0.3 is 10.1 Å². The summed E-state index contributed by atoms with van der Waals surface area (Å²) in [7, 11) is 0. The highest BCUT2D eigenvalue weighted by Gasteiger charge is 2.21. The number of carbonyl (C=O) groups excluding carboxylic acids is 1. The Kier molecular flexibility index (Phi) is 4.49. The van der Waals surface area contributed by atoms with E-state index in [9.17, 15) is 9.18 Å². The molecule has 1 saturated heterocycles. The molecule has 1 aliphatic rings. The third-order valence-corrected chi connectivity index (χ3v) is 4.86. The first kappa shape index (κ1) is 15.1. The fraction of sp³-hybridized carbons (Fsp3) is 0.375. The topological polar surface area (TPSA) is 51.2 Å². The quantitative estimate of drug-likeness (QED) is 0.945. The van der Waals surface area contributed by atoms with Crippen molar-refractivity contribution in [2.24, 2.45) is 0 Å². The minimum Gasteiger partial charge on any atom is -0.381 e. The van der Waals surface area contributed by atoms with Gasteiger partial charge in [0.2, 0.25) is 0 Å². The molecule has 0 spiro atoms. The molecule has 1 amide bonds. The molecule has 116 valence electrons. The molecule has 1 N–H and O–H groups in total. The van der Waals surface area contributed by atoms with Gasteiger partial charge in [0.1, 0.15) is 15.7 Å². The molecule has 1 aromatic carbocycles. The Hall–Kier alpha value is -1.79. The van der Waals surface area contributed by atoms with Gasteiger partial charge in [-0.1, -0.05) is 0 Å². The first-order valence-corrected chi connectivity index (χ1v) is 8.07. The van der Waals surface area contributed by atoms with Gasteiger partial charge in [-0.05, 0) is 44.0 Å². The summed E-state index contributed by atoms with van der Waals surface area (Å²) in [5, 5.41) is 3.77. The van der Waals surface area contributed by atoms with E-state index in [0.29, 0.717) is 23.8 Å². The van der Waals surface area contributed by atoms with Crippen LogP contribution in [0.15, 0.2) is 24.3 Å². The molecule has 0 atom stereocenters. The molecule has 1 fully saturated rings. The van der Waals surface area contributed by atoms with Crippen molar-refractivity contribution < 1.29 is 13.9 Å². The standard InChI is InChI=1S/C16H17FN2O2S/c1-10-14(15(20)19-13-6-8-21-9-7-13)22-16(18-10)11-2-4-12(17)5-3-11/h2-5,13H,6-9H2,1H3,(H,19,20). The summed E-state index contributed by atoms with van der Waals surface area (Å²) in [6.07, 6.45) is 1.68. The number of hydrogen-bond acceptors (Lipinski definition) is 4. The van der Waals surface area contributed by atoms with E-state index >= 15 is 0 Å². The van der Waals surface area contributed by atoms with Gasteiger partial charge in [-0.25, -0.2) is 9.37 Å².